The number of nitrogens with zero attached hydrogens (tertiary/aromatic N) is 1. The topological polar surface area (TPSA) is 70.9 Å². The average Bonchev–Trinajstić information content (AvgIpc) is 2.66. The number of quaternary nitrogens is 1. The lowest BCUT2D eigenvalue weighted by Crippen LogP contribution is -3.15. The standard InChI is InChI=1S/C21H33N3O3S/c1-18(2)9-10-19(3)22-21(25)17-23-12-14-24(15-13-23)28(26,27)16-11-20-7-5-4-6-8-20/h4-8,11,16,18-19H,9-10,12-15,17H2,1-3H3,(H,22,25)/p+1/b16-11+/t19-/m1/s1. The van der Waals surface area contributed by atoms with Gasteiger partial charge in [0.2, 0.25) is 10.0 Å². The Kier molecular flexibility index (Phi) is 8.66. The molecule has 0 radical (unpaired) electrons. The van der Waals surface area contributed by atoms with E-state index in [0.29, 0.717) is 38.6 Å². The Morgan fingerprint density at radius 1 is 1.14 bits per heavy atom. The number of nitrogens with one attached hydrogen (secondary N) is 2. The van der Waals surface area contributed by atoms with E-state index in [4.69, 9.17) is 0 Å². The predicted octanol–water partition coefficient (Wildman–Crippen LogP) is 1.13. The molecule has 0 saturated carbocycles. The Labute approximate surface area is 169 Å². The van der Waals surface area contributed by atoms with Crippen molar-refractivity contribution in [1.29, 1.82) is 0 Å². The molecule has 1 aliphatic heterocycles. The van der Waals surface area contributed by atoms with Crippen LogP contribution in [0.4, 0.5) is 0 Å². The van der Waals surface area contributed by atoms with Crippen molar-refractivity contribution in [3.05, 3.63) is 41.3 Å². The lowest BCUT2D eigenvalue weighted by Gasteiger charge is -2.30. The highest BCUT2D eigenvalue weighted by Gasteiger charge is 2.28. The normalized spacial score (nSPS) is 17.9. The molecule has 156 valence electrons. The van der Waals surface area contributed by atoms with Gasteiger partial charge in [-0.1, -0.05) is 44.2 Å². The Morgan fingerprint density at radius 3 is 2.39 bits per heavy atom. The number of amides is 1. The van der Waals surface area contributed by atoms with Gasteiger partial charge >= 0.3 is 0 Å². The summed E-state index contributed by atoms with van der Waals surface area (Å²) in [5.41, 5.74) is 0.860. The molecule has 1 saturated heterocycles. The first-order chi connectivity index (χ1) is 13.3. The van der Waals surface area contributed by atoms with Crippen molar-refractivity contribution in [1.82, 2.24) is 9.62 Å². The van der Waals surface area contributed by atoms with E-state index in [-0.39, 0.29) is 11.9 Å². The number of benzene rings is 1. The minimum absolute atomic E-state index is 0.0477. The number of carbonyl (C=O) groups excluding carboxylic acids is 1. The van der Waals surface area contributed by atoms with E-state index < -0.39 is 10.0 Å². The molecule has 6 nitrogen and oxygen atoms in total. The summed E-state index contributed by atoms with van der Waals surface area (Å²) in [7, 11) is -3.43. The largest absolute Gasteiger partial charge is 0.349 e. The zero-order valence-corrected chi connectivity index (χ0v) is 18.0. The van der Waals surface area contributed by atoms with Crippen molar-refractivity contribution in [2.45, 2.75) is 39.7 Å². The van der Waals surface area contributed by atoms with E-state index >= 15 is 0 Å². The summed E-state index contributed by atoms with van der Waals surface area (Å²) in [6.45, 7) is 8.97. The third-order valence-corrected chi connectivity index (χ3v) is 6.58. The molecule has 0 aromatic heterocycles. The number of rotatable bonds is 9. The fourth-order valence-electron chi connectivity index (χ4n) is 3.26. The summed E-state index contributed by atoms with van der Waals surface area (Å²) < 4.78 is 26.5. The van der Waals surface area contributed by atoms with E-state index in [2.05, 4.69) is 19.2 Å². The maximum atomic E-state index is 12.5. The molecule has 1 heterocycles. The molecule has 1 aromatic carbocycles. The first kappa shape index (κ1) is 22.6. The third kappa shape index (κ3) is 7.73. The van der Waals surface area contributed by atoms with Crippen molar-refractivity contribution < 1.29 is 18.1 Å². The van der Waals surface area contributed by atoms with Crippen LogP contribution in [0.1, 0.15) is 39.2 Å². The van der Waals surface area contributed by atoms with E-state index in [0.717, 1.165) is 23.3 Å². The summed E-state index contributed by atoms with van der Waals surface area (Å²) in [6.07, 6.45) is 3.71. The Balaban J connectivity index is 1.77. The maximum absolute atomic E-state index is 12.5. The van der Waals surface area contributed by atoms with Crippen molar-refractivity contribution in [3.63, 3.8) is 0 Å². The highest BCUT2D eigenvalue weighted by Crippen LogP contribution is 2.08. The quantitative estimate of drug-likeness (QED) is 0.644. The van der Waals surface area contributed by atoms with Crippen molar-refractivity contribution in [2.24, 2.45) is 5.92 Å². The number of hydrogen-bond donors (Lipinski definition) is 2. The van der Waals surface area contributed by atoms with Crippen LogP contribution in [0.2, 0.25) is 0 Å². The van der Waals surface area contributed by atoms with Gasteiger partial charge in [-0.25, -0.2) is 8.42 Å². The average molecular weight is 409 g/mol. The zero-order chi connectivity index (χ0) is 20.6. The van der Waals surface area contributed by atoms with Crippen molar-refractivity contribution in [3.8, 4) is 0 Å². The van der Waals surface area contributed by atoms with Crippen LogP contribution < -0.4 is 10.2 Å². The van der Waals surface area contributed by atoms with Crippen LogP contribution in [-0.2, 0) is 14.8 Å². The molecule has 1 aliphatic rings. The van der Waals surface area contributed by atoms with Gasteiger partial charge in [0.15, 0.2) is 6.54 Å². The van der Waals surface area contributed by atoms with E-state index in [1.807, 2.05) is 37.3 Å². The van der Waals surface area contributed by atoms with Gasteiger partial charge in [0, 0.05) is 11.4 Å². The van der Waals surface area contributed by atoms with Crippen LogP contribution in [0.3, 0.4) is 0 Å². The number of hydrogen-bond acceptors (Lipinski definition) is 3. The van der Waals surface area contributed by atoms with Crippen LogP contribution in [0.25, 0.3) is 6.08 Å². The Bertz CT molecular complexity index is 739. The second kappa shape index (κ2) is 10.7. The SMILES string of the molecule is CC(C)CC[C@@H](C)NC(=O)C[NH+]1CCN(S(=O)(=O)/C=C/c2ccccc2)CC1. The molecule has 7 heteroatoms. The summed E-state index contributed by atoms with van der Waals surface area (Å²) in [4.78, 5) is 13.4. The minimum Gasteiger partial charge on any atom is -0.349 e. The predicted molar refractivity (Wildman–Crippen MR) is 113 cm³/mol. The molecule has 1 aromatic rings. The number of sulfonamides is 1. The maximum Gasteiger partial charge on any atom is 0.275 e. The highest BCUT2D eigenvalue weighted by molar-refractivity contribution is 7.92. The summed E-state index contributed by atoms with van der Waals surface area (Å²) >= 11 is 0. The van der Waals surface area contributed by atoms with Gasteiger partial charge in [0.25, 0.3) is 5.91 Å². The molecular formula is C21H34N3O3S+. The fraction of sp³-hybridized carbons (Fsp3) is 0.571. The van der Waals surface area contributed by atoms with E-state index in [1.165, 1.54) is 9.71 Å². The lowest BCUT2D eigenvalue weighted by molar-refractivity contribution is -0.895. The fourth-order valence-corrected chi connectivity index (χ4v) is 4.45. The highest BCUT2D eigenvalue weighted by atomic mass is 32.2. The molecular weight excluding hydrogens is 374 g/mol. The molecule has 1 fully saturated rings. The smallest absolute Gasteiger partial charge is 0.275 e. The first-order valence-corrected chi connectivity index (χ1v) is 11.6. The Morgan fingerprint density at radius 2 is 1.79 bits per heavy atom. The van der Waals surface area contributed by atoms with Crippen LogP contribution in [0.15, 0.2) is 35.7 Å². The minimum atomic E-state index is -3.43. The molecule has 0 aliphatic carbocycles. The molecule has 1 atom stereocenters. The second-order valence-corrected chi connectivity index (χ2v) is 9.84. The number of carbonyl (C=O) groups is 1. The molecule has 28 heavy (non-hydrogen) atoms. The molecule has 0 spiro atoms. The zero-order valence-electron chi connectivity index (χ0n) is 17.2. The summed E-state index contributed by atoms with van der Waals surface area (Å²) in [5, 5.41) is 4.33. The molecule has 2 rings (SSSR count). The van der Waals surface area contributed by atoms with Gasteiger partial charge in [-0.15, -0.1) is 0 Å². The van der Waals surface area contributed by atoms with Crippen molar-refractivity contribution >= 4 is 22.0 Å². The molecule has 2 N–H and O–H groups in total. The molecule has 0 bridgehead atoms. The first-order valence-electron chi connectivity index (χ1n) is 10.1. The summed E-state index contributed by atoms with van der Waals surface area (Å²) in [5.74, 6) is 0.683. The Hall–Kier alpha value is -1.70. The van der Waals surface area contributed by atoms with Gasteiger partial charge in [-0.3, -0.25) is 4.79 Å². The van der Waals surface area contributed by atoms with E-state index in [1.54, 1.807) is 6.08 Å². The van der Waals surface area contributed by atoms with Gasteiger partial charge in [0.1, 0.15) is 0 Å². The lowest BCUT2D eigenvalue weighted by atomic mass is 10.0. The van der Waals surface area contributed by atoms with Gasteiger partial charge in [-0.2, -0.15) is 4.31 Å². The van der Waals surface area contributed by atoms with Crippen LogP contribution in [0, 0.1) is 5.92 Å². The number of piperazine rings is 1. The van der Waals surface area contributed by atoms with E-state index in [9.17, 15) is 13.2 Å². The monoisotopic (exact) mass is 408 g/mol. The molecule has 1 amide bonds. The van der Waals surface area contributed by atoms with Gasteiger partial charge in [-0.05, 0) is 37.3 Å². The van der Waals surface area contributed by atoms with Crippen molar-refractivity contribution in [2.75, 3.05) is 32.7 Å². The molecule has 0 unspecified atom stereocenters. The second-order valence-electron chi connectivity index (χ2n) is 8.02. The summed E-state index contributed by atoms with van der Waals surface area (Å²) in [6, 6.07) is 9.57. The van der Waals surface area contributed by atoms with Crippen LogP contribution in [0.5, 0.6) is 0 Å². The van der Waals surface area contributed by atoms with Crippen LogP contribution in [-0.4, -0.2) is 57.4 Å². The van der Waals surface area contributed by atoms with Gasteiger partial charge in [0.05, 0.1) is 26.2 Å². The van der Waals surface area contributed by atoms with Crippen LogP contribution >= 0.6 is 0 Å². The van der Waals surface area contributed by atoms with Gasteiger partial charge < -0.3 is 10.2 Å². The third-order valence-electron chi connectivity index (χ3n) is 5.02.